The fourth-order valence-corrected chi connectivity index (χ4v) is 4.50. The Morgan fingerprint density at radius 2 is 1.73 bits per heavy atom. The normalized spacial score (nSPS) is 12.1. The van der Waals surface area contributed by atoms with Crippen molar-refractivity contribution in [2.24, 2.45) is 0 Å². The lowest BCUT2D eigenvalue weighted by Crippen LogP contribution is -2.22. The minimum Gasteiger partial charge on any atom is -0.488 e. The second-order valence-corrected chi connectivity index (χ2v) is 8.39. The van der Waals surface area contributed by atoms with Crippen LogP contribution < -0.4 is 14.8 Å². The fraction of sp³-hybridized carbons (Fsp3) is 0.120. The van der Waals surface area contributed by atoms with Crippen molar-refractivity contribution in [2.45, 2.75) is 20.5 Å². The molecular weight excluding hydrogens is 392 g/mol. The van der Waals surface area contributed by atoms with Gasteiger partial charge in [-0.1, -0.05) is 59.9 Å². The molecular formula is C25H20N2O2S. The van der Waals surface area contributed by atoms with Crippen molar-refractivity contribution < 1.29 is 4.74 Å². The van der Waals surface area contributed by atoms with E-state index in [1.54, 1.807) is 4.40 Å². The fourth-order valence-electron chi connectivity index (χ4n) is 3.53. The maximum Gasteiger partial charge on any atom is 0.274 e. The van der Waals surface area contributed by atoms with Gasteiger partial charge in [-0.3, -0.25) is 4.79 Å². The zero-order valence-electron chi connectivity index (χ0n) is 16.8. The Hall–Kier alpha value is -3.44. The summed E-state index contributed by atoms with van der Waals surface area (Å²) >= 11 is 1.41. The molecule has 0 saturated heterocycles. The molecule has 0 N–H and O–H groups in total. The molecule has 148 valence electrons. The molecule has 0 spiro atoms. The molecule has 0 aliphatic heterocycles. The number of fused-ring (bicyclic) bond motifs is 3. The number of rotatable bonds is 4. The van der Waals surface area contributed by atoms with Gasteiger partial charge < -0.3 is 4.74 Å². The van der Waals surface area contributed by atoms with E-state index in [4.69, 9.17) is 4.74 Å². The molecule has 0 aliphatic rings. The summed E-state index contributed by atoms with van der Waals surface area (Å²) in [5, 5.41) is 0. The second-order valence-electron chi connectivity index (χ2n) is 7.38. The SMILES string of the molecule is Cc1cc2nc3s/c(=C\c4ccccc4OCc4ccccc4)c(=O)n3c2cc1C. The highest BCUT2D eigenvalue weighted by Crippen LogP contribution is 2.22. The first-order valence-electron chi connectivity index (χ1n) is 9.80. The van der Waals surface area contributed by atoms with Crippen LogP contribution in [-0.4, -0.2) is 9.38 Å². The number of benzene rings is 3. The Kier molecular flexibility index (Phi) is 4.60. The van der Waals surface area contributed by atoms with Crippen LogP contribution in [0.15, 0.2) is 71.5 Å². The molecule has 0 saturated carbocycles. The van der Waals surface area contributed by atoms with Crippen LogP contribution in [0.4, 0.5) is 0 Å². The molecule has 5 rings (SSSR count). The van der Waals surface area contributed by atoms with Gasteiger partial charge in [0.15, 0.2) is 4.96 Å². The lowest BCUT2D eigenvalue weighted by molar-refractivity contribution is 0.305. The third-order valence-corrected chi connectivity index (χ3v) is 6.27. The first-order chi connectivity index (χ1) is 14.6. The summed E-state index contributed by atoms with van der Waals surface area (Å²) < 4.78 is 8.40. The highest BCUT2D eigenvalue weighted by molar-refractivity contribution is 7.15. The standard InChI is InChI=1S/C25H20N2O2S/c1-16-12-20-21(13-17(16)2)27-24(28)23(30-25(27)26-20)14-19-10-6-7-11-22(19)29-15-18-8-4-3-5-9-18/h3-14H,15H2,1-2H3/b23-14-. The summed E-state index contributed by atoms with van der Waals surface area (Å²) in [6.45, 7) is 4.59. The van der Waals surface area contributed by atoms with E-state index in [-0.39, 0.29) is 5.56 Å². The summed E-state index contributed by atoms with van der Waals surface area (Å²) in [7, 11) is 0. The number of aromatic nitrogens is 2. The van der Waals surface area contributed by atoms with Crippen LogP contribution in [0.1, 0.15) is 22.3 Å². The average Bonchev–Trinajstić information content (AvgIpc) is 3.24. The van der Waals surface area contributed by atoms with Gasteiger partial charge in [-0.2, -0.15) is 0 Å². The first-order valence-corrected chi connectivity index (χ1v) is 10.6. The predicted octanol–water partition coefficient (Wildman–Crippen LogP) is 4.65. The lowest BCUT2D eigenvalue weighted by Gasteiger charge is -2.08. The third-order valence-electron chi connectivity index (χ3n) is 5.30. The zero-order valence-corrected chi connectivity index (χ0v) is 17.6. The molecule has 5 aromatic rings. The molecule has 0 fully saturated rings. The summed E-state index contributed by atoms with van der Waals surface area (Å²) in [6.07, 6.45) is 1.90. The Labute approximate surface area is 177 Å². The van der Waals surface area contributed by atoms with Crippen molar-refractivity contribution in [1.82, 2.24) is 9.38 Å². The van der Waals surface area contributed by atoms with E-state index in [1.165, 1.54) is 16.9 Å². The van der Waals surface area contributed by atoms with Gasteiger partial charge in [0, 0.05) is 5.56 Å². The van der Waals surface area contributed by atoms with E-state index in [2.05, 4.69) is 18.8 Å². The van der Waals surface area contributed by atoms with Crippen molar-refractivity contribution in [3.63, 3.8) is 0 Å². The van der Waals surface area contributed by atoms with Crippen LogP contribution in [0, 0.1) is 13.8 Å². The number of thiazole rings is 1. The predicted molar refractivity (Wildman–Crippen MR) is 122 cm³/mol. The van der Waals surface area contributed by atoms with Crippen LogP contribution >= 0.6 is 11.3 Å². The van der Waals surface area contributed by atoms with E-state index in [0.29, 0.717) is 16.1 Å². The zero-order chi connectivity index (χ0) is 20.7. The van der Waals surface area contributed by atoms with Crippen molar-refractivity contribution in [2.75, 3.05) is 0 Å². The number of ether oxygens (including phenoxy) is 1. The van der Waals surface area contributed by atoms with Crippen molar-refractivity contribution in [1.29, 1.82) is 0 Å². The van der Waals surface area contributed by atoms with Crippen molar-refractivity contribution >= 4 is 33.4 Å². The topological polar surface area (TPSA) is 43.6 Å². The Bertz CT molecular complexity index is 1480. The number of para-hydroxylation sites is 1. The molecule has 5 heteroatoms. The molecule has 0 atom stereocenters. The molecule has 3 aromatic carbocycles. The van der Waals surface area contributed by atoms with Crippen LogP contribution in [0.3, 0.4) is 0 Å². The maximum absolute atomic E-state index is 13.2. The summed E-state index contributed by atoms with van der Waals surface area (Å²) in [5.74, 6) is 0.753. The first kappa shape index (κ1) is 18.6. The van der Waals surface area contributed by atoms with E-state index < -0.39 is 0 Å². The minimum absolute atomic E-state index is 0.0429. The smallest absolute Gasteiger partial charge is 0.274 e. The summed E-state index contributed by atoms with van der Waals surface area (Å²) in [4.78, 5) is 18.5. The molecule has 2 aromatic heterocycles. The highest BCUT2D eigenvalue weighted by atomic mass is 32.1. The molecule has 0 radical (unpaired) electrons. The van der Waals surface area contributed by atoms with Crippen LogP contribution in [0.5, 0.6) is 5.75 Å². The molecule has 0 unspecified atom stereocenters. The molecule has 30 heavy (non-hydrogen) atoms. The van der Waals surface area contributed by atoms with Crippen molar-refractivity contribution in [3.05, 3.63) is 104 Å². The van der Waals surface area contributed by atoms with Gasteiger partial charge in [-0.05, 0) is 54.8 Å². The third kappa shape index (κ3) is 3.27. The molecule has 4 nitrogen and oxygen atoms in total. The average molecular weight is 413 g/mol. The van der Waals surface area contributed by atoms with Gasteiger partial charge >= 0.3 is 0 Å². The van der Waals surface area contributed by atoms with E-state index in [0.717, 1.165) is 33.5 Å². The molecule has 0 amide bonds. The molecule has 0 aliphatic carbocycles. The van der Waals surface area contributed by atoms with Crippen LogP contribution in [0.25, 0.3) is 22.1 Å². The van der Waals surface area contributed by atoms with Gasteiger partial charge in [0.05, 0.1) is 15.6 Å². The summed E-state index contributed by atoms with van der Waals surface area (Å²) in [5.41, 5.74) is 5.99. The largest absolute Gasteiger partial charge is 0.488 e. The van der Waals surface area contributed by atoms with Crippen molar-refractivity contribution in [3.8, 4) is 5.75 Å². The number of hydrogen-bond donors (Lipinski definition) is 0. The summed E-state index contributed by atoms with van der Waals surface area (Å²) in [6, 6.07) is 21.9. The second kappa shape index (κ2) is 7.43. The van der Waals surface area contributed by atoms with Crippen LogP contribution in [-0.2, 0) is 6.61 Å². The molecule has 2 heterocycles. The Balaban J connectivity index is 1.58. The van der Waals surface area contributed by atoms with Gasteiger partial charge in [-0.25, -0.2) is 9.38 Å². The number of aryl methyl sites for hydroxylation is 2. The Morgan fingerprint density at radius 1 is 1.00 bits per heavy atom. The highest BCUT2D eigenvalue weighted by Gasteiger charge is 2.13. The van der Waals surface area contributed by atoms with Gasteiger partial charge in [-0.15, -0.1) is 0 Å². The number of hydrogen-bond acceptors (Lipinski definition) is 4. The lowest BCUT2D eigenvalue weighted by atomic mass is 10.1. The minimum atomic E-state index is -0.0429. The maximum atomic E-state index is 13.2. The van der Waals surface area contributed by atoms with Crippen LogP contribution in [0.2, 0.25) is 0 Å². The monoisotopic (exact) mass is 412 g/mol. The number of nitrogens with zero attached hydrogens (tertiary/aromatic N) is 2. The van der Waals surface area contributed by atoms with Gasteiger partial charge in [0.25, 0.3) is 5.56 Å². The van der Waals surface area contributed by atoms with E-state index >= 15 is 0 Å². The van der Waals surface area contributed by atoms with E-state index in [1.807, 2.05) is 72.8 Å². The Morgan fingerprint density at radius 3 is 2.57 bits per heavy atom. The number of imidazole rings is 1. The van der Waals surface area contributed by atoms with E-state index in [9.17, 15) is 4.79 Å². The molecule has 0 bridgehead atoms. The van der Waals surface area contributed by atoms with Gasteiger partial charge in [0.1, 0.15) is 12.4 Å². The quantitative estimate of drug-likeness (QED) is 0.431. The van der Waals surface area contributed by atoms with Gasteiger partial charge in [0.2, 0.25) is 0 Å².